The second-order valence-electron chi connectivity index (χ2n) is 8.81. The van der Waals surface area contributed by atoms with Crippen molar-refractivity contribution in [3.63, 3.8) is 0 Å². The van der Waals surface area contributed by atoms with E-state index in [1.807, 2.05) is 4.98 Å². The average Bonchev–Trinajstić information content (AvgIpc) is 3.16. The lowest BCUT2D eigenvalue weighted by Gasteiger charge is -2.16. The normalized spacial score (nSPS) is 11.3. The zero-order valence-corrected chi connectivity index (χ0v) is 21.4. The molecule has 16 heteroatoms. The molecule has 0 spiro atoms. The number of fused-ring (bicyclic) bond motifs is 1. The predicted octanol–water partition coefficient (Wildman–Crippen LogP) is 1.89. The van der Waals surface area contributed by atoms with Crippen molar-refractivity contribution < 1.29 is 13.2 Å². The van der Waals surface area contributed by atoms with Crippen LogP contribution in [0, 0.1) is 24.4 Å². The Balaban J connectivity index is 1.67. The summed E-state index contributed by atoms with van der Waals surface area (Å²) < 4.78 is 44.7. The third-order valence-electron chi connectivity index (χ3n) is 6.20. The molecule has 0 unspecified atom stereocenters. The summed E-state index contributed by atoms with van der Waals surface area (Å²) >= 11 is 6.42. The van der Waals surface area contributed by atoms with Gasteiger partial charge in [0.1, 0.15) is 5.82 Å². The van der Waals surface area contributed by atoms with Gasteiger partial charge in [0.25, 0.3) is 5.56 Å². The molecule has 0 bridgehead atoms. The van der Waals surface area contributed by atoms with Gasteiger partial charge in [-0.2, -0.15) is 4.98 Å². The molecule has 12 nitrogen and oxygen atoms in total. The number of halogens is 4. The molecule has 0 saturated heterocycles. The Bertz CT molecular complexity index is 2040. The van der Waals surface area contributed by atoms with Crippen LogP contribution < -0.4 is 27.9 Å². The Morgan fingerprint density at radius 2 is 1.68 bits per heavy atom. The maximum Gasteiger partial charge on any atom is 0.355 e. The number of rotatable bonds is 6. The summed E-state index contributed by atoms with van der Waals surface area (Å²) in [5, 5.41) is 2.97. The Morgan fingerprint density at radius 1 is 0.975 bits per heavy atom. The Hall–Kier alpha value is -4.92. The van der Waals surface area contributed by atoms with Crippen LogP contribution in [0.2, 0.25) is 5.02 Å². The van der Waals surface area contributed by atoms with E-state index >= 15 is 0 Å². The van der Waals surface area contributed by atoms with Gasteiger partial charge in [-0.1, -0.05) is 11.6 Å². The molecule has 3 heterocycles. The maximum atomic E-state index is 14.0. The first-order chi connectivity index (χ1) is 18.9. The van der Waals surface area contributed by atoms with E-state index in [0.717, 1.165) is 10.8 Å². The van der Waals surface area contributed by atoms with Gasteiger partial charge in [-0.15, -0.1) is 0 Å². The van der Waals surface area contributed by atoms with Crippen LogP contribution in [0.3, 0.4) is 0 Å². The van der Waals surface area contributed by atoms with E-state index < -0.39 is 53.2 Å². The van der Waals surface area contributed by atoms with Crippen LogP contribution in [0.4, 0.5) is 24.8 Å². The fourth-order valence-corrected chi connectivity index (χ4v) is 4.26. The molecule has 0 aliphatic rings. The van der Waals surface area contributed by atoms with Crippen LogP contribution in [0.25, 0.3) is 11.0 Å². The molecule has 40 heavy (non-hydrogen) atoms. The third-order valence-corrected chi connectivity index (χ3v) is 6.51. The maximum absolute atomic E-state index is 14.0. The second kappa shape index (κ2) is 10.00. The van der Waals surface area contributed by atoms with Gasteiger partial charge >= 0.3 is 17.1 Å². The molecule has 0 fully saturated rings. The summed E-state index contributed by atoms with van der Waals surface area (Å²) in [7, 11) is 1.77. The van der Waals surface area contributed by atoms with E-state index in [1.165, 1.54) is 0 Å². The molecule has 0 atom stereocenters. The van der Waals surface area contributed by atoms with Crippen molar-refractivity contribution in [3.8, 4) is 0 Å². The molecule has 0 aliphatic carbocycles. The third kappa shape index (κ3) is 4.82. The Morgan fingerprint density at radius 3 is 2.35 bits per heavy atom. The smallest absolute Gasteiger partial charge is 0.331 e. The number of imidazole rings is 1. The number of H-pyrrole nitrogens is 2. The van der Waals surface area contributed by atoms with Gasteiger partial charge in [0.2, 0.25) is 5.95 Å². The lowest BCUT2D eigenvalue weighted by atomic mass is 10.2. The van der Waals surface area contributed by atoms with Gasteiger partial charge in [-0.25, -0.2) is 37.1 Å². The standard InChI is InChI=1S/C24H18ClF3N8O4/c1-10-30-17-5-13(25)16(6-18(17)34(10)2)31-21-33-23(39)36(9-12-7-29-22(38)32-20(12)37)24(40)35(21)8-11-3-14(26)19(28)15(27)4-11/h3-7H,8-9H2,1-2H3,(H,31,33,39)(H2,29,32,37,38). The first-order valence-corrected chi connectivity index (χ1v) is 11.9. The molecule has 5 rings (SSSR count). The number of hydrogen-bond donors (Lipinski definition) is 3. The van der Waals surface area contributed by atoms with Gasteiger partial charge < -0.3 is 14.9 Å². The lowest BCUT2D eigenvalue weighted by Crippen LogP contribution is -2.44. The highest BCUT2D eigenvalue weighted by molar-refractivity contribution is 6.34. The zero-order chi connectivity index (χ0) is 28.9. The zero-order valence-electron chi connectivity index (χ0n) is 20.7. The van der Waals surface area contributed by atoms with E-state index in [0.29, 0.717) is 33.6 Å². The van der Waals surface area contributed by atoms with E-state index in [-0.39, 0.29) is 27.8 Å². The fourth-order valence-electron chi connectivity index (χ4n) is 4.06. The largest absolute Gasteiger partial charge is 0.355 e. The molecular formula is C24H18ClF3N8O4. The predicted molar refractivity (Wildman–Crippen MR) is 139 cm³/mol. The van der Waals surface area contributed by atoms with Crippen molar-refractivity contribution in [1.29, 1.82) is 0 Å². The highest BCUT2D eigenvalue weighted by Gasteiger charge is 2.19. The number of aromatic amines is 2. The summed E-state index contributed by atoms with van der Waals surface area (Å²) in [6, 6.07) is 4.54. The number of anilines is 2. The van der Waals surface area contributed by atoms with Gasteiger partial charge in [0.15, 0.2) is 17.5 Å². The molecule has 206 valence electrons. The minimum atomic E-state index is -1.69. The van der Waals surface area contributed by atoms with Crippen molar-refractivity contribution in [1.82, 2.24) is 33.6 Å². The number of nitrogens with one attached hydrogen (secondary N) is 3. The molecule has 0 radical (unpaired) electrons. The van der Waals surface area contributed by atoms with Crippen LogP contribution in [0.5, 0.6) is 0 Å². The molecule has 2 aromatic carbocycles. The molecule has 5 aromatic rings. The number of benzene rings is 2. The summed E-state index contributed by atoms with van der Waals surface area (Å²) in [5.41, 5.74) is -2.61. The van der Waals surface area contributed by atoms with Crippen molar-refractivity contribution in [2.45, 2.75) is 20.0 Å². The van der Waals surface area contributed by atoms with Gasteiger partial charge in [-0.05, 0) is 36.8 Å². The Kier molecular flexibility index (Phi) is 6.67. The van der Waals surface area contributed by atoms with Gasteiger partial charge in [0.05, 0.1) is 40.4 Å². The van der Waals surface area contributed by atoms with Crippen molar-refractivity contribution in [2.24, 2.45) is 7.05 Å². The van der Waals surface area contributed by atoms with E-state index in [4.69, 9.17) is 11.6 Å². The van der Waals surface area contributed by atoms with Crippen molar-refractivity contribution >= 4 is 34.3 Å². The van der Waals surface area contributed by atoms with Crippen LogP contribution in [0.1, 0.15) is 17.0 Å². The molecule has 0 aliphatic heterocycles. The average molecular weight is 575 g/mol. The fraction of sp³-hybridized carbons (Fsp3) is 0.167. The van der Waals surface area contributed by atoms with Crippen LogP contribution >= 0.6 is 11.6 Å². The van der Waals surface area contributed by atoms with Crippen molar-refractivity contribution in [3.05, 3.63) is 112 Å². The minimum Gasteiger partial charge on any atom is -0.331 e. The quantitative estimate of drug-likeness (QED) is 0.262. The lowest BCUT2D eigenvalue weighted by molar-refractivity contribution is 0.444. The Labute approximate surface area is 225 Å². The number of aryl methyl sites for hydroxylation is 2. The number of hydrogen-bond acceptors (Lipinski definition) is 7. The SMILES string of the molecule is Cc1nc2cc(Cl)c(Nc3nc(=O)n(Cc4c[nH]c(=O)[nH]c4=O)c(=O)n3Cc3cc(F)c(F)c(F)c3)cc2n1C. The number of nitrogens with zero attached hydrogens (tertiary/aromatic N) is 5. The van der Waals surface area contributed by atoms with Crippen molar-refractivity contribution in [2.75, 3.05) is 5.32 Å². The minimum absolute atomic E-state index is 0.146. The van der Waals surface area contributed by atoms with Crippen LogP contribution in [-0.2, 0) is 20.1 Å². The van der Waals surface area contributed by atoms with E-state index in [2.05, 4.69) is 20.3 Å². The first-order valence-electron chi connectivity index (χ1n) is 11.5. The summed E-state index contributed by atoms with van der Waals surface area (Å²) in [4.78, 5) is 62.5. The highest BCUT2D eigenvalue weighted by Crippen LogP contribution is 2.30. The molecule has 3 aromatic heterocycles. The number of aromatic nitrogens is 7. The second-order valence-corrected chi connectivity index (χ2v) is 9.21. The van der Waals surface area contributed by atoms with E-state index in [9.17, 15) is 32.3 Å². The topological polar surface area (TPSA) is 152 Å². The molecule has 0 amide bonds. The summed E-state index contributed by atoms with van der Waals surface area (Å²) in [5.74, 6) is -4.33. The monoisotopic (exact) mass is 574 g/mol. The van der Waals surface area contributed by atoms with Gasteiger partial charge in [0, 0.05) is 13.2 Å². The first kappa shape index (κ1) is 26.7. The highest BCUT2D eigenvalue weighted by atomic mass is 35.5. The molecular weight excluding hydrogens is 557 g/mol. The van der Waals surface area contributed by atoms with Gasteiger partial charge in [-0.3, -0.25) is 14.3 Å². The summed E-state index contributed by atoms with van der Waals surface area (Å²) in [6.07, 6.45) is 1.03. The summed E-state index contributed by atoms with van der Waals surface area (Å²) in [6.45, 7) is 0.633. The molecule has 0 saturated carbocycles. The van der Waals surface area contributed by atoms with Crippen LogP contribution in [-0.4, -0.2) is 33.6 Å². The van der Waals surface area contributed by atoms with E-state index in [1.54, 1.807) is 30.7 Å². The van der Waals surface area contributed by atoms with Crippen LogP contribution in [0.15, 0.2) is 49.6 Å². The molecule has 3 N–H and O–H groups in total.